The van der Waals surface area contributed by atoms with Gasteiger partial charge in [0.2, 0.25) is 0 Å². The first kappa shape index (κ1) is 18.3. The average molecular weight is 356 g/mol. The van der Waals surface area contributed by atoms with Crippen LogP contribution in [-0.2, 0) is 6.42 Å². The number of nitrogens with zero attached hydrogens (tertiary/aromatic N) is 3. The molecule has 0 unspecified atom stereocenters. The summed E-state index contributed by atoms with van der Waals surface area (Å²) in [6.07, 6.45) is 8.57. The van der Waals surface area contributed by atoms with Crippen molar-refractivity contribution in [3.8, 4) is 6.07 Å². The summed E-state index contributed by atoms with van der Waals surface area (Å²) < 4.78 is 0. The molecule has 2 fully saturated rings. The maximum absolute atomic E-state index is 9.15. The zero-order valence-electron chi connectivity index (χ0n) is 15.7. The maximum Gasteiger partial charge on any atom is 0.165 e. The second kappa shape index (κ2) is 7.83. The normalized spacial score (nSPS) is 20.8. The lowest BCUT2D eigenvalue weighted by Gasteiger charge is -2.41. The fraction of sp³-hybridized carbons (Fsp3) is 0.619. The fourth-order valence-corrected chi connectivity index (χ4v) is 5.86. The van der Waals surface area contributed by atoms with Gasteiger partial charge in [-0.05, 0) is 55.9 Å². The van der Waals surface area contributed by atoms with Crippen LogP contribution >= 0.6 is 11.8 Å². The Morgan fingerprint density at radius 2 is 1.96 bits per heavy atom. The number of benzene rings is 1. The Balaban J connectivity index is 2.00. The molecule has 1 spiro atoms. The number of thioether (sulfide) groups is 1. The van der Waals surface area contributed by atoms with Crippen molar-refractivity contribution in [1.82, 2.24) is 4.90 Å². The molecule has 0 N–H and O–H groups in total. The van der Waals surface area contributed by atoms with E-state index in [1.54, 1.807) is 0 Å². The third kappa shape index (κ3) is 3.44. The van der Waals surface area contributed by atoms with E-state index in [1.165, 1.54) is 55.0 Å². The lowest BCUT2D eigenvalue weighted by Crippen LogP contribution is -2.50. The third-order valence-corrected chi connectivity index (χ3v) is 7.06. The minimum Gasteiger partial charge on any atom is -0.342 e. The number of hydrogen-bond donors (Lipinski definition) is 0. The lowest BCUT2D eigenvalue weighted by molar-refractivity contribution is 0.153. The van der Waals surface area contributed by atoms with E-state index in [9.17, 15) is 0 Å². The smallest absolute Gasteiger partial charge is 0.165 e. The number of aliphatic imine (C=N–C) groups is 1. The molecule has 0 amide bonds. The number of amidine groups is 1. The quantitative estimate of drug-likeness (QED) is 0.684. The van der Waals surface area contributed by atoms with Gasteiger partial charge in [0.1, 0.15) is 0 Å². The van der Waals surface area contributed by atoms with Gasteiger partial charge in [-0.25, -0.2) is 4.99 Å². The molecule has 4 heteroatoms. The van der Waals surface area contributed by atoms with Crippen molar-refractivity contribution in [3.63, 3.8) is 0 Å². The Bertz CT molecular complexity index is 679. The van der Waals surface area contributed by atoms with Crippen LogP contribution in [0.5, 0.6) is 0 Å². The van der Waals surface area contributed by atoms with Crippen molar-refractivity contribution < 1.29 is 0 Å². The molecular weight excluding hydrogens is 326 g/mol. The van der Waals surface area contributed by atoms with E-state index in [0.717, 1.165) is 17.7 Å². The van der Waals surface area contributed by atoms with Gasteiger partial charge in [-0.2, -0.15) is 5.26 Å². The summed E-state index contributed by atoms with van der Waals surface area (Å²) in [4.78, 5) is 7.80. The highest BCUT2D eigenvalue weighted by molar-refractivity contribution is 8.14. The van der Waals surface area contributed by atoms with Crippen LogP contribution in [0.15, 0.2) is 23.2 Å². The van der Waals surface area contributed by atoms with Crippen molar-refractivity contribution >= 4 is 22.6 Å². The van der Waals surface area contributed by atoms with Gasteiger partial charge in [0, 0.05) is 11.8 Å². The molecule has 3 rings (SSSR count). The van der Waals surface area contributed by atoms with Crippen molar-refractivity contribution in [2.24, 2.45) is 4.99 Å². The number of rotatable bonds is 5. The van der Waals surface area contributed by atoms with Gasteiger partial charge < -0.3 is 4.90 Å². The van der Waals surface area contributed by atoms with Crippen LogP contribution in [0.4, 0.5) is 5.69 Å². The molecule has 134 valence electrons. The van der Waals surface area contributed by atoms with Crippen molar-refractivity contribution in [1.29, 1.82) is 5.26 Å². The van der Waals surface area contributed by atoms with E-state index >= 15 is 0 Å². The zero-order valence-corrected chi connectivity index (χ0v) is 16.5. The molecule has 1 saturated carbocycles. The molecule has 1 aliphatic heterocycles. The highest BCUT2D eigenvalue weighted by Crippen LogP contribution is 2.47. The second-order valence-corrected chi connectivity index (χ2v) is 8.21. The number of aryl methyl sites for hydroxylation is 1. The third-order valence-electron chi connectivity index (χ3n) is 5.83. The molecule has 1 aromatic carbocycles. The molecule has 0 atom stereocenters. The van der Waals surface area contributed by atoms with E-state index in [2.05, 4.69) is 31.7 Å². The van der Waals surface area contributed by atoms with Gasteiger partial charge in [0.15, 0.2) is 5.17 Å². The van der Waals surface area contributed by atoms with Gasteiger partial charge >= 0.3 is 0 Å². The van der Waals surface area contributed by atoms with Crippen LogP contribution in [0.25, 0.3) is 0 Å². The van der Waals surface area contributed by atoms with Gasteiger partial charge in [-0.3, -0.25) is 0 Å². The molecule has 2 aliphatic rings. The summed E-state index contributed by atoms with van der Waals surface area (Å²) in [7, 11) is 0. The van der Waals surface area contributed by atoms with Crippen LogP contribution in [0.3, 0.4) is 0 Å². The maximum atomic E-state index is 9.15. The summed E-state index contributed by atoms with van der Waals surface area (Å²) in [6, 6.07) is 8.73. The zero-order chi connectivity index (χ0) is 17.9. The van der Waals surface area contributed by atoms with E-state index in [1.807, 2.05) is 30.0 Å². The first-order valence-corrected chi connectivity index (χ1v) is 10.7. The molecule has 0 bridgehead atoms. The van der Waals surface area contributed by atoms with Crippen molar-refractivity contribution in [3.05, 3.63) is 29.3 Å². The second-order valence-electron chi connectivity index (χ2n) is 7.26. The van der Waals surface area contributed by atoms with Crippen LogP contribution in [0.1, 0.15) is 70.4 Å². The van der Waals surface area contributed by atoms with Crippen LogP contribution in [0, 0.1) is 11.3 Å². The van der Waals surface area contributed by atoms with Crippen LogP contribution < -0.4 is 0 Å². The molecule has 1 saturated heterocycles. The molecule has 3 nitrogen and oxygen atoms in total. The summed E-state index contributed by atoms with van der Waals surface area (Å²) in [5, 5.41) is 10.4. The first-order valence-electron chi connectivity index (χ1n) is 9.71. The Kier molecular flexibility index (Phi) is 5.74. The summed E-state index contributed by atoms with van der Waals surface area (Å²) in [5.74, 6) is 1.18. The Hall–Kier alpha value is -1.47. The summed E-state index contributed by atoms with van der Waals surface area (Å²) >= 11 is 1.94. The molecule has 1 aromatic rings. The molecule has 1 aliphatic carbocycles. The fourth-order valence-electron chi connectivity index (χ4n) is 4.39. The standard InChI is InChI=1S/C21H29N3S/c1-4-17-13-16(14-22)9-10-19(17)23-20-24(18(5-2)6-3)21(15-25-20)11-7-8-12-21/h9-10,13,18H,4-8,11-12,15H2,1-3H3. The van der Waals surface area contributed by atoms with Gasteiger partial charge in [0.05, 0.1) is 22.9 Å². The van der Waals surface area contributed by atoms with Crippen LogP contribution in [-0.4, -0.2) is 27.4 Å². The SMILES string of the molecule is CCc1cc(C#N)ccc1N=C1SCC2(CCCC2)N1C(CC)CC. The molecule has 25 heavy (non-hydrogen) atoms. The lowest BCUT2D eigenvalue weighted by atomic mass is 9.94. The predicted molar refractivity (Wildman–Crippen MR) is 107 cm³/mol. The predicted octanol–water partition coefficient (Wildman–Crippen LogP) is 5.66. The van der Waals surface area contributed by atoms with Gasteiger partial charge in [-0.15, -0.1) is 0 Å². The van der Waals surface area contributed by atoms with E-state index < -0.39 is 0 Å². The van der Waals surface area contributed by atoms with E-state index in [4.69, 9.17) is 10.3 Å². The molecular formula is C21H29N3S. The summed E-state index contributed by atoms with van der Waals surface area (Å²) in [5.41, 5.74) is 3.27. The number of hydrogen-bond acceptors (Lipinski definition) is 3. The topological polar surface area (TPSA) is 39.4 Å². The number of nitriles is 1. The first-order chi connectivity index (χ1) is 12.2. The molecule has 0 radical (unpaired) electrons. The molecule has 1 heterocycles. The van der Waals surface area contributed by atoms with E-state index in [-0.39, 0.29) is 0 Å². The highest BCUT2D eigenvalue weighted by atomic mass is 32.2. The molecule has 0 aromatic heterocycles. The highest BCUT2D eigenvalue weighted by Gasteiger charge is 2.48. The monoisotopic (exact) mass is 355 g/mol. The van der Waals surface area contributed by atoms with Gasteiger partial charge in [0.25, 0.3) is 0 Å². The van der Waals surface area contributed by atoms with E-state index in [0.29, 0.717) is 11.6 Å². The Morgan fingerprint density at radius 3 is 2.56 bits per heavy atom. The van der Waals surface area contributed by atoms with Crippen LogP contribution in [0.2, 0.25) is 0 Å². The Labute approximate surface area is 156 Å². The van der Waals surface area contributed by atoms with Gasteiger partial charge in [-0.1, -0.05) is 45.4 Å². The van der Waals surface area contributed by atoms with Crippen molar-refractivity contribution in [2.75, 3.05) is 5.75 Å². The largest absolute Gasteiger partial charge is 0.342 e. The minimum atomic E-state index is 0.332. The average Bonchev–Trinajstić information content (AvgIpc) is 3.26. The minimum absolute atomic E-state index is 0.332. The summed E-state index contributed by atoms with van der Waals surface area (Å²) in [6.45, 7) is 6.74. The van der Waals surface area contributed by atoms with Crippen molar-refractivity contribution in [2.45, 2.75) is 77.3 Å². The Morgan fingerprint density at radius 1 is 1.24 bits per heavy atom.